The first kappa shape index (κ1) is 29.1. The summed E-state index contributed by atoms with van der Waals surface area (Å²) >= 11 is 0. The summed E-state index contributed by atoms with van der Waals surface area (Å²) in [4.78, 5) is 2.78. The first-order valence-corrected chi connectivity index (χ1v) is 11.9. The van der Waals surface area contributed by atoms with Crippen LogP contribution < -0.4 is 28.5 Å². The van der Waals surface area contributed by atoms with E-state index in [1.165, 1.54) is 76.2 Å². The molecule has 1 aromatic rings. The summed E-state index contributed by atoms with van der Waals surface area (Å²) in [7, 11) is 0. The minimum absolute atomic E-state index is 0. The standard InChI is InChI=1S/C24H43N4O.HI/c1-2-3-19-28-20-14-16-24(23-28)17-15-22-29-21-13-11-9-7-5-4-6-8-10-12-18-26-27-25;/h14,16,20,23H,2-13,15,17-19,21-22H2,1H3;1H/q+1;/p-1. The Morgan fingerprint density at radius 2 is 1.53 bits per heavy atom. The van der Waals surface area contributed by atoms with Gasteiger partial charge in [0.15, 0.2) is 12.4 Å². The van der Waals surface area contributed by atoms with Crippen molar-refractivity contribution in [2.45, 2.75) is 103 Å². The summed E-state index contributed by atoms with van der Waals surface area (Å²) in [6.45, 7) is 5.81. The van der Waals surface area contributed by atoms with Crippen molar-refractivity contribution in [2.75, 3.05) is 19.8 Å². The van der Waals surface area contributed by atoms with E-state index in [9.17, 15) is 0 Å². The van der Waals surface area contributed by atoms with Crippen LogP contribution in [0.1, 0.15) is 96.0 Å². The molecule has 0 unspecified atom stereocenters. The van der Waals surface area contributed by atoms with E-state index in [0.717, 1.165) is 39.0 Å². The molecular formula is C24H43IN4O. The molecule has 0 aliphatic heterocycles. The number of aryl methyl sites for hydroxylation is 2. The Labute approximate surface area is 201 Å². The molecule has 0 radical (unpaired) electrons. The highest BCUT2D eigenvalue weighted by atomic mass is 127. The third-order valence-electron chi connectivity index (χ3n) is 5.30. The van der Waals surface area contributed by atoms with Crippen LogP contribution >= 0.6 is 0 Å². The van der Waals surface area contributed by atoms with Gasteiger partial charge in [0.1, 0.15) is 6.54 Å². The lowest BCUT2D eigenvalue weighted by molar-refractivity contribution is -0.697. The highest BCUT2D eigenvalue weighted by molar-refractivity contribution is 5.05. The Bertz CT molecular complexity index is 550. The smallest absolute Gasteiger partial charge is 0.171 e. The van der Waals surface area contributed by atoms with E-state index in [-0.39, 0.29) is 24.0 Å². The second-order valence-electron chi connectivity index (χ2n) is 8.01. The largest absolute Gasteiger partial charge is 1.00 e. The predicted octanol–water partition coefficient (Wildman–Crippen LogP) is 3.94. The molecule has 1 heterocycles. The number of unbranched alkanes of at least 4 members (excludes halogenated alkanes) is 10. The van der Waals surface area contributed by atoms with Gasteiger partial charge in [-0.1, -0.05) is 69.8 Å². The van der Waals surface area contributed by atoms with Crippen molar-refractivity contribution in [1.82, 2.24) is 0 Å². The molecule has 1 aromatic heterocycles. The van der Waals surface area contributed by atoms with Crippen molar-refractivity contribution in [2.24, 2.45) is 5.11 Å². The van der Waals surface area contributed by atoms with E-state index < -0.39 is 0 Å². The molecule has 0 aromatic carbocycles. The molecule has 0 bridgehead atoms. The zero-order valence-corrected chi connectivity index (χ0v) is 21.3. The fraction of sp³-hybridized carbons (Fsp3) is 0.792. The third kappa shape index (κ3) is 18.0. The van der Waals surface area contributed by atoms with Crippen LogP contribution in [0.15, 0.2) is 29.6 Å². The molecule has 1 rings (SSSR count). The van der Waals surface area contributed by atoms with Gasteiger partial charge in [-0.2, -0.15) is 0 Å². The summed E-state index contributed by atoms with van der Waals surface area (Å²) < 4.78 is 8.12. The second-order valence-corrected chi connectivity index (χ2v) is 8.01. The maximum Gasteiger partial charge on any atom is 0.171 e. The molecule has 0 aliphatic carbocycles. The Morgan fingerprint density at radius 1 is 0.900 bits per heavy atom. The molecule has 5 nitrogen and oxygen atoms in total. The number of halogens is 1. The van der Waals surface area contributed by atoms with Crippen LogP contribution in [-0.2, 0) is 17.7 Å². The number of aromatic nitrogens is 1. The fourth-order valence-electron chi connectivity index (χ4n) is 3.53. The molecule has 0 atom stereocenters. The Hall–Kier alpha value is -0.850. The average molecular weight is 531 g/mol. The molecule has 0 saturated carbocycles. The maximum absolute atomic E-state index is 8.20. The first-order chi connectivity index (χ1) is 14.4. The lowest BCUT2D eigenvalue weighted by Gasteiger charge is -2.05. The molecule has 30 heavy (non-hydrogen) atoms. The highest BCUT2D eigenvalue weighted by Gasteiger charge is 2.02. The van der Waals surface area contributed by atoms with Crippen LogP contribution in [0.25, 0.3) is 10.4 Å². The van der Waals surface area contributed by atoms with E-state index in [1.54, 1.807) is 0 Å². The molecule has 0 aliphatic rings. The molecule has 0 fully saturated rings. The summed E-state index contributed by atoms with van der Waals surface area (Å²) in [6.07, 6.45) is 21.9. The van der Waals surface area contributed by atoms with E-state index in [1.807, 2.05) is 0 Å². The molecule has 0 amide bonds. The van der Waals surface area contributed by atoms with Crippen LogP contribution in [0.4, 0.5) is 0 Å². The maximum atomic E-state index is 8.20. The molecule has 0 spiro atoms. The average Bonchev–Trinajstić information content (AvgIpc) is 2.74. The summed E-state index contributed by atoms with van der Waals surface area (Å²) in [5, 5.41) is 3.57. The van der Waals surface area contributed by atoms with E-state index in [2.05, 4.69) is 46.0 Å². The zero-order chi connectivity index (χ0) is 20.8. The van der Waals surface area contributed by atoms with Gasteiger partial charge in [0.05, 0.1) is 0 Å². The van der Waals surface area contributed by atoms with Crippen LogP contribution in [0, 0.1) is 0 Å². The van der Waals surface area contributed by atoms with Gasteiger partial charge in [-0.25, -0.2) is 4.57 Å². The third-order valence-corrected chi connectivity index (χ3v) is 5.30. The van der Waals surface area contributed by atoms with E-state index in [4.69, 9.17) is 10.3 Å². The molecule has 0 saturated heterocycles. The summed E-state index contributed by atoms with van der Waals surface area (Å²) in [5.41, 5.74) is 9.62. The van der Waals surface area contributed by atoms with Crippen molar-refractivity contribution in [3.8, 4) is 0 Å². The molecule has 6 heteroatoms. The Kier molecular flexibility index (Phi) is 22.2. The topological polar surface area (TPSA) is 61.9 Å². The van der Waals surface area contributed by atoms with Gasteiger partial charge in [0, 0.05) is 42.7 Å². The van der Waals surface area contributed by atoms with Crippen LogP contribution in [0.3, 0.4) is 0 Å². The number of pyridine rings is 1. The number of rotatable bonds is 20. The quantitative estimate of drug-likeness (QED) is 0.0629. The van der Waals surface area contributed by atoms with Crippen molar-refractivity contribution >= 4 is 0 Å². The number of hydrogen-bond acceptors (Lipinski definition) is 2. The molecule has 172 valence electrons. The van der Waals surface area contributed by atoms with Crippen molar-refractivity contribution in [3.63, 3.8) is 0 Å². The molecular weight excluding hydrogens is 487 g/mol. The van der Waals surface area contributed by atoms with Gasteiger partial charge < -0.3 is 28.7 Å². The van der Waals surface area contributed by atoms with Crippen LogP contribution in [-0.4, -0.2) is 19.8 Å². The van der Waals surface area contributed by atoms with Gasteiger partial charge in [0.25, 0.3) is 0 Å². The fourth-order valence-corrected chi connectivity index (χ4v) is 3.53. The van der Waals surface area contributed by atoms with Crippen molar-refractivity contribution < 1.29 is 33.3 Å². The Morgan fingerprint density at radius 3 is 2.20 bits per heavy atom. The lowest BCUT2D eigenvalue weighted by atomic mass is 10.1. The number of nitrogens with zero attached hydrogens (tertiary/aromatic N) is 4. The van der Waals surface area contributed by atoms with Gasteiger partial charge >= 0.3 is 0 Å². The van der Waals surface area contributed by atoms with Crippen molar-refractivity contribution in [1.29, 1.82) is 0 Å². The highest BCUT2D eigenvalue weighted by Crippen LogP contribution is 2.11. The van der Waals surface area contributed by atoms with E-state index >= 15 is 0 Å². The monoisotopic (exact) mass is 530 g/mol. The van der Waals surface area contributed by atoms with Gasteiger partial charge in [-0.3, -0.25) is 0 Å². The number of ether oxygens (including phenoxy) is 1. The van der Waals surface area contributed by atoms with Gasteiger partial charge in [-0.15, -0.1) is 0 Å². The zero-order valence-electron chi connectivity index (χ0n) is 19.1. The van der Waals surface area contributed by atoms with Crippen molar-refractivity contribution in [3.05, 3.63) is 40.5 Å². The van der Waals surface area contributed by atoms with Crippen LogP contribution in [0.2, 0.25) is 0 Å². The van der Waals surface area contributed by atoms with Crippen LogP contribution in [0.5, 0.6) is 0 Å². The molecule has 0 N–H and O–H groups in total. The predicted molar refractivity (Wildman–Crippen MR) is 121 cm³/mol. The normalized spacial score (nSPS) is 10.4. The summed E-state index contributed by atoms with van der Waals surface area (Å²) in [5.74, 6) is 0. The minimum atomic E-state index is 0. The Balaban J connectivity index is 0.00000841. The summed E-state index contributed by atoms with van der Waals surface area (Å²) in [6, 6.07) is 4.39. The van der Waals surface area contributed by atoms with Gasteiger partial charge in [0.2, 0.25) is 0 Å². The lowest BCUT2D eigenvalue weighted by Crippen LogP contribution is -3.00. The second kappa shape index (κ2) is 22.8. The van der Waals surface area contributed by atoms with Gasteiger partial charge in [-0.05, 0) is 37.3 Å². The SMILES string of the molecule is CCCC[n+]1cccc(CCCOCCCCCCCCCCCCN=[N+]=[N-])c1.[I-]. The van der Waals surface area contributed by atoms with E-state index in [0.29, 0.717) is 6.54 Å². The minimum Gasteiger partial charge on any atom is -1.00 e. The first-order valence-electron chi connectivity index (χ1n) is 11.9. The number of azide groups is 1. The number of hydrogen-bond donors (Lipinski definition) is 0.